The van der Waals surface area contributed by atoms with E-state index in [0.29, 0.717) is 0 Å². The van der Waals surface area contributed by atoms with Crippen LogP contribution in [-0.2, 0) is 14.8 Å². The van der Waals surface area contributed by atoms with Crippen LogP contribution in [0.1, 0.15) is 5.69 Å². The first-order chi connectivity index (χ1) is 9.01. The second-order valence-electron chi connectivity index (χ2n) is 3.93. The smallest absolute Gasteiger partial charge is 0.356 e. The number of carboxylic acids is 1. The molecule has 1 aliphatic heterocycles. The number of fused-ring (bicyclic) bond motifs is 2. The molecule has 0 fully saturated rings. The fourth-order valence-corrected chi connectivity index (χ4v) is 3.44. The fraction of sp³-hybridized carbons (Fsp3) is 0. The van der Waals surface area contributed by atoms with Crippen LogP contribution in [0.15, 0.2) is 52.5 Å². The van der Waals surface area contributed by atoms with Crippen molar-refractivity contribution in [1.82, 2.24) is 3.97 Å². The van der Waals surface area contributed by atoms with Crippen molar-refractivity contribution in [1.29, 1.82) is 0 Å². The maximum atomic E-state index is 12.4. The molecule has 0 saturated heterocycles. The van der Waals surface area contributed by atoms with Crippen molar-refractivity contribution >= 4 is 27.4 Å². The van der Waals surface area contributed by atoms with Crippen molar-refractivity contribution in [2.45, 2.75) is 4.90 Å². The lowest BCUT2D eigenvalue weighted by atomic mass is 10.2. The van der Waals surface area contributed by atoms with Gasteiger partial charge in [0.1, 0.15) is 4.90 Å². The Morgan fingerprint density at radius 1 is 1.16 bits per heavy atom. The van der Waals surface area contributed by atoms with E-state index in [1.54, 1.807) is 12.1 Å². The zero-order valence-electron chi connectivity index (χ0n) is 9.52. The summed E-state index contributed by atoms with van der Waals surface area (Å²) < 4.78 is 25.8. The summed E-state index contributed by atoms with van der Waals surface area (Å²) in [5.74, 6) is -1.27. The van der Waals surface area contributed by atoms with Gasteiger partial charge in [0.15, 0.2) is 5.71 Å². The minimum Gasteiger partial charge on any atom is -0.476 e. The van der Waals surface area contributed by atoms with E-state index in [2.05, 4.69) is 4.99 Å². The average molecular weight is 276 g/mol. The summed E-state index contributed by atoms with van der Waals surface area (Å²) in [4.78, 5) is 15.2. The predicted octanol–water partition coefficient (Wildman–Crippen LogP) is 1.24. The van der Waals surface area contributed by atoms with Crippen LogP contribution < -0.4 is 0 Å². The van der Waals surface area contributed by atoms with Gasteiger partial charge < -0.3 is 5.11 Å². The van der Waals surface area contributed by atoms with Crippen LogP contribution in [0.2, 0.25) is 0 Å². The van der Waals surface area contributed by atoms with Crippen LogP contribution in [-0.4, -0.2) is 29.2 Å². The molecule has 19 heavy (non-hydrogen) atoms. The van der Waals surface area contributed by atoms with Gasteiger partial charge in [-0.15, -0.1) is 0 Å². The van der Waals surface area contributed by atoms with E-state index >= 15 is 0 Å². The number of para-hydroxylation sites is 1. The van der Waals surface area contributed by atoms with Crippen molar-refractivity contribution in [3.8, 4) is 0 Å². The minimum atomic E-state index is -3.82. The summed E-state index contributed by atoms with van der Waals surface area (Å²) in [7, 11) is -3.82. The molecule has 1 aliphatic rings. The highest BCUT2D eigenvalue weighted by Crippen LogP contribution is 2.30. The zero-order chi connectivity index (χ0) is 13.6. The Balaban J connectivity index is 2.47. The lowest BCUT2D eigenvalue weighted by molar-refractivity contribution is -0.129. The zero-order valence-corrected chi connectivity index (χ0v) is 10.3. The van der Waals surface area contributed by atoms with Crippen LogP contribution in [0.3, 0.4) is 0 Å². The van der Waals surface area contributed by atoms with Crippen LogP contribution in [0.25, 0.3) is 0 Å². The Kier molecular flexibility index (Phi) is 2.33. The van der Waals surface area contributed by atoms with E-state index in [9.17, 15) is 18.3 Å². The monoisotopic (exact) mass is 276 g/mol. The molecule has 2 aromatic rings. The molecule has 0 bridgehead atoms. The number of hydrogen-bond acceptors (Lipinski definition) is 4. The number of aliphatic carboxylic acids is 1. The number of aliphatic imine (C=N–C) groups is 1. The predicted molar refractivity (Wildman–Crippen MR) is 67.3 cm³/mol. The molecule has 96 valence electrons. The molecule has 0 atom stereocenters. The normalized spacial score (nSPS) is 15.9. The van der Waals surface area contributed by atoms with E-state index in [4.69, 9.17) is 0 Å². The number of benzene rings is 1. The van der Waals surface area contributed by atoms with E-state index in [1.165, 1.54) is 30.5 Å². The molecule has 1 aromatic heterocycles. The first kappa shape index (κ1) is 11.7. The summed E-state index contributed by atoms with van der Waals surface area (Å²) in [6.07, 6.45) is 1.31. The first-order valence-electron chi connectivity index (χ1n) is 5.36. The molecule has 1 aromatic carbocycles. The topological polar surface area (TPSA) is 88.7 Å². The SMILES string of the molecule is O=C(O)C1=Nc2ccccc2S(=O)(=O)n2cccc21. The van der Waals surface area contributed by atoms with E-state index < -0.39 is 16.0 Å². The van der Waals surface area contributed by atoms with Gasteiger partial charge in [-0.05, 0) is 24.3 Å². The second-order valence-corrected chi connectivity index (χ2v) is 5.71. The molecule has 0 amide bonds. The lowest BCUT2D eigenvalue weighted by Gasteiger charge is -2.07. The summed E-state index contributed by atoms with van der Waals surface area (Å²) >= 11 is 0. The summed E-state index contributed by atoms with van der Waals surface area (Å²) in [6, 6.07) is 8.94. The molecule has 0 spiro atoms. The van der Waals surface area contributed by atoms with Crippen molar-refractivity contribution in [3.63, 3.8) is 0 Å². The van der Waals surface area contributed by atoms with E-state index in [0.717, 1.165) is 3.97 Å². The molecule has 2 heterocycles. The first-order valence-corrected chi connectivity index (χ1v) is 6.80. The van der Waals surface area contributed by atoms with Crippen LogP contribution in [0, 0.1) is 0 Å². The highest BCUT2D eigenvalue weighted by Gasteiger charge is 2.30. The molecular formula is C12H8N2O4S. The maximum absolute atomic E-state index is 12.4. The van der Waals surface area contributed by atoms with Gasteiger partial charge in [0, 0.05) is 6.20 Å². The molecule has 0 saturated carbocycles. The molecule has 0 radical (unpaired) electrons. The van der Waals surface area contributed by atoms with Crippen molar-refractivity contribution < 1.29 is 18.3 Å². The van der Waals surface area contributed by atoms with Crippen molar-refractivity contribution in [2.75, 3.05) is 0 Å². The van der Waals surface area contributed by atoms with Gasteiger partial charge >= 0.3 is 5.97 Å². The highest BCUT2D eigenvalue weighted by atomic mass is 32.2. The van der Waals surface area contributed by atoms with Crippen molar-refractivity contribution in [3.05, 3.63) is 48.3 Å². The number of nitrogens with zero attached hydrogens (tertiary/aromatic N) is 2. The largest absolute Gasteiger partial charge is 0.476 e. The molecule has 0 unspecified atom stereocenters. The van der Waals surface area contributed by atoms with Crippen LogP contribution >= 0.6 is 0 Å². The quantitative estimate of drug-likeness (QED) is 0.848. The Morgan fingerprint density at radius 3 is 2.63 bits per heavy atom. The molecule has 7 heteroatoms. The molecular weight excluding hydrogens is 268 g/mol. The van der Waals surface area contributed by atoms with Gasteiger partial charge in [-0.3, -0.25) is 0 Å². The number of aromatic nitrogens is 1. The van der Waals surface area contributed by atoms with Crippen molar-refractivity contribution in [2.24, 2.45) is 4.99 Å². The molecule has 0 aliphatic carbocycles. The standard InChI is InChI=1S/C12H8N2O4S/c15-12(16)11-9-5-3-7-14(9)19(17,18)10-6-2-1-4-8(10)13-11/h1-7H,(H,15,16). The Labute approximate surface area is 108 Å². The van der Waals surface area contributed by atoms with E-state index in [1.807, 2.05) is 0 Å². The van der Waals surface area contributed by atoms with Gasteiger partial charge in [-0.2, -0.15) is 0 Å². The third-order valence-electron chi connectivity index (χ3n) is 2.79. The summed E-state index contributed by atoms with van der Waals surface area (Å²) in [6.45, 7) is 0. The van der Waals surface area contributed by atoms with E-state index in [-0.39, 0.29) is 22.0 Å². The summed E-state index contributed by atoms with van der Waals surface area (Å²) in [5.41, 5.74) is -0.120. The van der Waals surface area contributed by atoms with Crippen LogP contribution in [0.5, 0.6) is 0 Å². The average Bonchev–Trinajstić information content (AvgIpc) is 2.82. The van der Waals surface area contributed by atoms with Gasteiger partial charge in [-0.1, -0.05) is 12.1 Å². The Hall–Kier alpha value is -2.41. The lowest BCUT2D eigenvalue weighted by Crippen LogP contribution is -2.20. The number of hydrogen-bond donors (Lipinski definition) is 1. The van der Waals surface area contributed by atoms with Gasteiger partial charge in [0.25, 0.3) is 10.0 Å². The molecule has 3 rings (SSSR count). The third-order valence-corrected chi connectivity index (χ3v) is 4.53. The maximum Gasteiger partial charge on any atom is 0.356 e. The van der Waals surface area contributed by atoms with Gasteiger partial charge in [-0.25, -0.2) is 22.2 Å². The van der Waals surface area contributed by atoms with Gasteiger partial charge in [0.05, 0.1) is 11.4 Å². The number of carbonyl (C=O) groups is 1. The van der Waals surface area contributed by atoms with Gasteiger partial charge in [0.2, 0.25) is 0 Å². The second kappa shape index (κ2) is 3.79. The Morgan fingerprint density at radius 2 is 1.89 bits per heavy atom. The summed E-state index contributed by atoms with van der Waals surface area (Å²) in [5, 5.41) is 9.19. The minimum absolute atomic E-state index is 0.0105. The fourth-order valence-electron chi connectivity index (χ4n) is 1.97. The molecule has 6 nitrogen and oxygen atoms in total. The highest BCUT2D eigenvalue weighted by molar-refractivity contribution is 7.90. The Bertz CT molecular complexity index is 818. The number of carboxylic acid groups (broad SMARTS) is 1. The third kappa shape index (κ3) is 1.59. The molecule has 1 N–H and O–H groups in total. The number of rotatable bonds is 1. The van der Waals surface area contributed by atoms with Crippen LogP contribution in [0.4, 0.5) is 5.69 Å².